The Bertz CT molecular complexity index is 606. The maximum absolute atomic E-state index is 9.46. The lowest BCUT2D eigenvalue weighted by Gasteiger charge is -2.54. The van der Waals surface area contributed by atoms with Gasteiger partial charge in [0.15, 0.2) is 5.96 Å². The fourth-order valence-electron chi connectivity index (χ4n) is 4.11. The molecule has 3 unspecified atom stereocenters. The van der Waals surface area contributed by atoms with E-state index >= 15 is 0 Å². The third-order valence-electron chi connectivity index (χ3n) is 5.43. The molecular weight excluding hydrogens is 429 g/mol. The zero-order valence-corrected chi connectivity index (χ0v) is 17.6. The van der Waals surface area contributed by atoms with Crippen LogP contribution in [0.25, 0.3) is 0 Å². The van der Waals surface area contributed by atoms with Crippen LogP contribution in [0, 0.1) is 11.3 Å². The summed E-state index contributed by atoms with van der Waals surface area (Å²) in [6.07, 6.45) is 1.49. The summed E-state index contributed by atoms with van der Waals surface area (Å²) in [4.78, 5) is 4.74. The molecule has 0 bridgehead atoms. The van der Waals surface area contributed by atoms with Crippen LogP contribution in [0.2, 0.25) is 0 Å². The Morgan fingerprint density at radius 3 is 2.72 bits per heavy atom. The van der Waals surface area contributed by atoms with E-state index in [-0.39, 0.29) is 36.0 Å². The fraction of sp³-hybridized carbons (Fsp3) is 0.632. The Morgan fingerprint density at radius 2 is 2.04 bits per heavy atom. The number of ether oxygens (including phenoxy) is 1. The summed E-state index contributed by atoms with van der Waals surface area (Å²) in [6.45, 7) is 8.91. The Balaban J connectivity index is 0.00000225. The highest BCUT2D eigenvalue weighted by Gasteiger charge is 2.59. The number of hydrogen-bond acceptors (Lipinski definition) is 3. The summed E-state index contributed by atoms with van der Waals surface area (Å²) in [5.41, 5.74) is 2.12. The van der Waals surface area contributed by atoms with Crippen LogP contribution in [-0.2, 0) is 17.9 Å². The monoisotopic (exact) mass is 459 g/mol. The number of nitrogens with one attached hydrogen (secondary N) is 2. The number of benzene rings is 1. The molecule has 1 aromatic rings. The van der Waals surface area contributed by atoms with Gasteiger partial charge in [-0.25, -0.2) is 4.99 Å². The van der Waals surface area contributed by atoms with E-state index in [0.29, 0.717) is 24.6 Å². The van der Waals surface area contributed by atoms with Gasteiger partial charge in [-0.15, -0.1) is 24.0 Å². The fourth-order valence-corrected chi connectivity index (χ4v) is 4.11. The van der Waals surface area contributed by atoms with E-state index in [1.165, 1.54) is 0 Å². The van der Waals surface area contributed by atoms with E-state index < -0.39 is 0 Å². The molecule has 1 aromatic carbocycles. The molecule has 0 amide bonds. The first-order valence-electron chi connectivity index (χ1n) is 8.92. The number of aliphatic imine (C=N–C) groups is 1. The van der Waals surface area contributed by atoms with Gasteiger partial charge >= 0.3 is 0 Å². The Hall–Kier alpha value is -0.860. The molecule has 1 aliphatic carbocycles. The van der Waals surface area contributed by atoms with Crippen LogP contribution in [0.5, 0.6) is 0 Å². The van der Waals surface area contributed by atoms with Gasteiger partial charge in [0.25, 0.3) is 0 Å². The van der Waals surface area contributed by atoms with Crippen molar-refractivity contribution >= 4 is 29.9 Å². The predicted octanol–water partition coefficient (Wildman–Crippen LogP) is 2.67. The highest BCUT2D eigenvalue weighted by atomic mass is 127. The molecule has 1 heterocycles. The van der Waals surface area contributed by atoms with Gasteiger partial charge in [-0.2, -0.15) is 0 Å². The van der Waals surface area contributed by atoms with Crippen molar-refractivity contribution in [2.45, 2.75) is 52.5 Å². The third-order valence-corrected chi connectivity index (χ3v) is 5.43. The smallest absolute Gasteiger partial charge is 0.191 e. The van der Waals surface area contributed by atoms with Crippen molar-refractivity contribution in [1.29, 1.82) is 0 Å². The Labute approximate surface area is 167 Å². The summed E-state index contributed by atoms with van der Waals surface area (Å²) in [5.74, 6) is 1.42. The zero-order chi connectivity index (χ0) is 17.2. The van der Waals surface area contributed by atoms with Gasteiger partial charge in [0.05, 0.1) is 19.3 Å². The lowest BCUT2D eigenvalue weighted by molar-refractivity contribution is -0.106. The van der Waals surface area contributed by atoms with E-state index in [4.69, 9.17) is 9.73 Å². The molecule has 1 saturated heterocycles. The van der Waals surface area contributed by atoms with Crippen LogP contribution in [-0.4, -0.2) is 36.4 Å². The van der Waals surface area contributed by atoms with E-state index in [1.54, 1.807) is 0 Å². The summed E-state index contributed by atoms with van der Waals surface area (Å²) in [7, 11) is 0. The zero-order valence-electron chi connectivity index (χ0n) is 15.3. The van der Waals surface area contributed by atoms with Gasteiger partial charge in [0, 0.05) is 30.5 Å². The minimum atomic E-state index is 0. The minimum absolute atomic E-state index is 0. The molecule has 25 heavy (non-hydrogen) atoms. The summed E-state index contributed by atoms with van der Waals surface area (Å²) in [5, 5.41) is 16.4. The number of guanidine groups is 1. The molecule has 6 heteroatoms. The topological polar surface area (TPSA) is 65.9 Å². The first-order chi connectivity index (χ1) is 11.6. The molecule has 3 N–H and O–H groups in total. The highest BCUT2D eigenvalue weighted by Crippen LogP contribution is 2.52. The van der Waals surface area contributed by atoms with Gasteiger partial charge < -0.3 is 20.5 Å². The average Bonchev–Trinajstić information content (AvgIpc) is 3.04. The van der Waals surface area contributed by atoms with Crippen molar-refractivity contribution in [3.63, 3.8) is 0 Å². The second-order valence-corrected chi connectivity index (χ2v) is 7.31. The molecule has 3 rings (SSSR count). The number of aliphatic hydroxyl groups is 1. The van der Waals surface area contributed by atoms with Crippen molar-refractivity contribution in [3.8, 4) is 0 Å². The molecule has 0 spiro atoms. The van der Waals surface area contributed by atoms with E-state index in [2.05, 4.69) is 31.4 Å². The molecule has 2 aliphatic rings. The maximum Gasteiger partial charge on any atom is 0.191 e. The number of fused-ring (bicyclic) bond motifs is 1. The third kappa shape index (κ3) is 4.11. The van der Waals surface area contributed by atoms with Crippen molar-refractivity contribution in [2.75, 3.05) is 13.2 Å². The predicted molar refractivity (Wildman–Crippen MR) is 111 cm³/mol. The number of halogens is 1. The largest absolute Gasteiger partial charge is 0.392 e. The Kier molecular flexibility index (Phi) is 7.10. The summed E-state index contributed by atoms with van der Waals surface area (Å²) < 4.78 is 5.87. The SMILES string of the molecule is CCNC(=NCc1ccccc1CO)NC1C2CCOC2C1(C)C.I. The highest BCUT2D eigenvalue weighted by molar-refractivity contribution is 14.0. The molecule has 5 nitrogen and oxygen atoms in total. The van der Waals surface area contributed by atoms with Gasteiger partial charge in [-0.05, 0) is 24.5 Å². The number of rotatable bonds is 5. The maximum atomic E-state index is 9.46. The van der Waals surface area contributed by atoms with Crippen molar-refractivity contribution in [3.05, 3.63) is 35.4 Å². The minimum Gasteiger partial charge on any atom is -0.392 e. The summed E-state index contributed by atoms with van der Waals surface area (Å²) >= 11 is 0. The first-order valence-corrected chi connectivity index (χ1v) is 8.92. The lowest BCUT2D eigenvalue weighted by Crippen LogP contribution is -2.67. The van der Waals surface area contributed by atoms with Crippen LogP contribution in [0.4, 0.5) is 0 Å². The van der Waals surface area contributed by atoms with Crippen molar-refractivity contribution in [1.82, 2.24) is 10.6 Å². The molecule has 1 aliphatic heterocycles. The summed E-state index contributed by atoms with van der Waals surface area (Å²) in [6, 6.07) is 8.28. The molecule has 0 radical (unpaired) electrons. The van der Waals surface area contributed by atoms with E-state index in [0.717, 1.165) is 36.7 Å². The standard InChI is InChI=1S/C19H29N3O2.HI/c1-4-20-18(21-11-13-7-5-6-8-14(13)12-23)22-16-15-9-10-24-17(15)19(16,2)3;/h5-8,15-17,23H,4,9-12H2,1-3H3,(H2,20,21,22);1H. The van der Waals surface area contributed by atoms with Crippen LogP contribution in [0.1, 0.15) is 38.3 Å². The van der Waals surface area contributed by atoms with Crippen LogP contribution >= 0.6 is 24.0 Å². The van der Waals surface area contributed by atoms with Gasteiger partial charge in [-0.1, -0.05) is 38.1 Å². The molecule has 0 aromatic heterocycles. The number of aliphatic hydroxyl groups excluding tert-OH is 1. The number of hydrogen-bond donors (Lipinski definition) is 3. The van der Waals surface area contributed by atoms with Gasteiger partial charge in [0.1, 0.15) is 0 Å². The van der Waals surface area contributed by atoms with Crippen LogP contribution in [0.15, 0.2) is 29.3 Å². The van der Waals surface area contributed by atoms with E-state index in [9.17, 15) is 5.11 Å². The van der Waals surface area contributed by atoms with Crippen molar-refractivity contribution in [2.24, 2.45) is 16.3 Å². The molecular formula is C19H30IN3O2. The van der Waals surface area contributed by atoms with Crippen molar-refractivity contribution < 1.29 is 9.84 Å². The quantitative estimate of drug-likeness (QED) is 0.360. The average molecular weight is 459 g/mol. The number of nitrogens with zero attached hydrogens (tertiary/aromatic N) is 1. The van der Waals surface area contributed by atoms with Crippen LogP contribution < -0.4 is 10.6 Å². The molecule has 140 valence electrons. The van der Waals surface area contributed by atoms with Gasteiger partial charge in [0.2, 0.25) is 0 Å². The first kappa shape index (κ1) is 20.5. The van der Waals surface area contributed by atoms with E-state index in [1.807, 2.05) is 24.3 Å². The lowest BCUT2D eigenvalue weighted by atomic mass is 9.57. The normalized spacial score (nSPS) is 27.0. The molecule has 3 atom stereocenters. The Morgan fingerprint density at radius 1 is 1.32 bits per heavy atom. The second kappa shape index (κ2) is 8.68. The second-order valence-electron chi connectivity index (χ2n) is 7.31. The van der Waals surface area contributed by atoms with Crippen LogP contribution in [0.3, 0.4) is 0 Å². The molecule has 1 saturated carbocycles. The van der Waals surface area contributed by atoms with Gasteiger partial charge in [-0.3, -0.25) is 0 Å². The molecule has 2 fully saturated rings.